The molecule has 0 saturated heterocycles. The minimum atomic E-state index is -0.222. The second-order valence-corrected chi connectivity index (χ2v) is 5.50. The van der Waals surface area contributed by atoms with Crippen molar-refractivity contribution in [1.29, 1.82) is 0 Å². The van der Waals surface area contributed by atoms with Gasteiger partial charge >= 0.3 is 5.69 Å². The van der Waals surface area contributed by atoms with Crippen LogP contribution in [-0.4, -0.2) is 25.8 Å². The summed E-state index contributed by atoms with van der Waals surface area (Å²) >= 11 is 1.36. The van der Waals surface area contributed by atoms with Gasteiger partial charge < -0.3 is 5.32 Å². The van der Waals surface area contributed by atoms with Crippen molar-refractivity contribution < 1.29 is 0 Å². The number of nitrogens with zero attached hydrogens (tertiary/aromatic N) is 3. The third-order valence-electron chi connectivity index (χ3n) is 2.55. The van der Waals surface area contributed by atoms with Crippen LogP contribution >= 0.6 is 11.8 Å². The lowest BCUT2D eigenvalue weighted by Gasteiger charge is -2.07. The zero-order chi connectivity index (χ0) is 13.8. The van der Waals surface area contributed by atoms with E-state index >= 15 is 0 Å². The van der Waals surface area contributed by atoms with E-state index in [1.165, 1.54) is 16.3 Å². The molecule has 0 aliphatic carbocycles. The van der Waals surface area contributed by atoms with E-state index in [2.05, 4.69) is 34.3 Å². The largest absolute Gasteiger partial charge is 0.343 e. The van der Waals surface area contributed by atoms with Crippen LogP contribution in [0.2, 0.25) is 0 Å². The fourth-order valence-corrected chi connectivity index (χ4v) is 2.15. The zero-order valence-electron chi connectivity index (χ0n) is 11.2. The highest BCUT2D eigenvalue weighted by Crippen LogP contribution is 2.22. The lowest BCUT2D eigenvalue weighted by atomic mass is 10.2. The van der Waals surface area contributed by atoms with Crippen LogP contribution in [0.3, 0.4) is 0 Å². The van der Waals surface area contributed by atoms with Gasteiger partial charge in [0.05, 0.1) is 0 Å². The minimum absolute atomic E-state index is 0.222. The molecule has 2 aromatic heterocycles. The van der Waals surface area contributed by atoms with Crippen molar-refractivity contribution >= 4 is 11.8 Å². The predicted octanol–water partition coefficient (Wildman–Crippen LogP) is 1.15. The van der Waals surface area contributed by atoms with E-state index in [1.54, 1.807) is 7.05 Å². The van der Waals surface area contributed by atoms with Gasteiger partial charge in [0.25, 0.3) is 0 Å². The Hall–Kier alpha value is -1.60. The summed E-state index contributed by atoms with van der Waals surface area (Å²) in [5.41, 5.74) is 0.911. The second kappa shape index (κ2) is 6.03. The molecule has 102 valence electrons. The average Bonchev–Trinajstić information content (AvgIpc) is 2.70. The number of hydrogen-bond donors (Lipinski definition) is 2. The Morgan fingerprint density at radius 1 is 1.47 bits per heavy atom. The summed E-state index contributed by atoms with van der Waals surface area (Å²) in [6.07, 6.45) is 1.84. The van der Waals surface area contributed by atoms with E-state index in [4.69, 9.17) is 0 Å². The van der Waals surface area contributed by atoms with Gasteiger partial charge in [0.15, 0.2) is 5.16 Å². The summed E-state index contributed by atoms with van der Waals surface area (Å²) in [5.74, 6) is 0. The first-order chi connectivity index (χ1) is 9.06. The van der Waals surface area contributed by atoms with E-state index in [1.807, 2.05) is 18.3 Å². The Balaban J connectivity index is 2.02. The molecule has 0 atom stereocenters. The molecule has 2 aromatic rings. The Morgan fingerprint density at radius 2 is 2.26 bits per heavy atom. The summed E-state index contributed by atoms with van der Waals surface area (Å²) in [4.78, 5) is 15.6. The van der Waals surface area contributed by atoms with Crippen LogP contribution in [0.4, 0.5) is 0 Å². The molecule has 0 aliphatic rings. The molecule has 19 heavy (non-hydrogen) atoms. The molecule has 0 amide bonds. The first kappa shape index (κ1) is 13.8. The highest BCUT2D eigenvalue weighted by atomic mass is 32.2. The topological polar surface area (TPSA) is 75.6 Å². The van der Waals surface area contributed by atoms with E-state index in [0.717, 1.165) is 17.1 Å². The van der Waals surface area contributed by atoms with Crippen LogP contribution in [0.5, 0.6) is 0 Å². The molecule has 0 bridgehead atoms. The van der Waals surface area contributed by atoms with Gasteiger partial charge in [-0.25, -0.2) is 14.9 Å². The smallest absolute Gasteiger partial charge is 0.310 e. The van der Waals surface area contributed by atoms with Gasteiger partial charge in [-0.05, 0) is 23.4 Å². The highest BCUT2D eigenvalue weighted by Gasteiger charge is 2.07. The van der Waals surface area contributed by atoms with E-state index < -0.39 is 0 Å². The maximum absolute atomic E-state index is 11.2. The van der Waals surface area contributed by atoms with Gasteiger partial charge in [-0.1, -0.05) is 19.9 Å². The maximum Gasteiger partial charge on any atom is 0.343 e. The lowest BCUT2D eigenvalue weighted by Crippen LogP contribution is -2.21. The highest BCUT2D eigenvalue weighted by molar-refractivity contribution is 7.99. The van der Waals surface area contributed by atoms with Crippen LogP contribution in [0.1, 0.15) is 19.4 Å². The molecule has 0 aliphatic heterocycles. The van der Waals surface area contributed by atoms with E-state index in [0.29, 0.717) is 11.2 Å². The zero-order valence-corrected chi connectivity index (χ0v) is 12.0. The van der Waals surface area contributed by atoms with Gasteiger partial charge in [0.1, 0.15) is 5.03 Å². The van der Waals surface area contributed by atoms with Gasteiger partial charge in [0.2, 0.25) is 0 Å². The Morgan fingerprint density at radius 3 is 2.79 bits per heavy atom. The molecule has 2 rings (SSSR count). The van der Waals surface area contributed by atoms with Crippen molar-refractivity contribution in [3.05, 3.63) is 34.4 Å². The van der Waals surface area contributed by atoms with Crippen molar-refractivity contribution in [2.45, 2.75) is 36.6 Å². The number of hydrogen-bond acceptors (Lipinski definition) is 5. The number of rotatable bonds is 5. The van der Waals surface area contributed by atoms with Crippen LogP contribution in [-0.2, 0) is 13.6 Å². The second-order valence-electron chi connectivity index (χ2n) is 4.51. The predicted molar refractivity (Wildman–Crippen MR) is 74.2 cm³/mol. The molecule has 0 unspecified atom stereocenters. The Bertz CT molecular complexity index is 587. The Labute approximate surface area is 115 Å². The lowest BCUT2D eigenvalue weighted by molar-refractivity contribution is 0.587. The molecular weight excluding hydrogens is 262 g/mol. The first-order valence-corrected chi connectivity index (χ1v) is 6.85. The van der Waals surface area contributed by atoms with Gasteiger partial charge in [-0.15, -0.1) is 5.10 Å². The molecule has 7 heteroatoms. The monoisotopic (exact) mass is 279 g/mol. The first-order valence-electron chi connectivity index (χ1n) is 6.04. The van der Waals surface area contributed by atoms with Crippen molar-refractivity contribution in [3.8, 4) is 0 Å². The fraction of sp³-hybridized carbons (Fsp3) is 0.417. The quantitative estimate of drug-likeness (QED) is 0.859. The molecule has 0 radical (unpaired) electrons. The molecule has 0 spiro atoms. The van der Waals surface area contributed by atoms with E-state index in [-0.39, 0.29) is 5.69 Å². The van der Waals surface area contributed by atoms with Crippen molar-refractivity contribution in [2.24, 2.45) is 7.05 Å². The normalized spacial score (nSPS) is 11.2. The van der Waals surface area contributed by atoms with Crippen LogP contribution in [0, 0.1) is 0 Å². The number of pyridine rings is 1. The summed E-state index contributed by atoms with van der Waals surface area (Å²) in [6.45, 7) is 5.02. The number of nitrogens with one attached hydrogen (secondary N) is 2. The molecule has 0 saturated carbocycles. The van der Waals surface area contributed by atoms with Crippen LogP contribution < -0.4 is 11.0 Å². The third kappa shape index (κ3) is 3.68. The summed E-state index contributed by atoms with van der Waals surface area (Å²) in [6, 6.07) is 4.41. The fourth-order valence-electron chi connectivity index (χ4n) is 1.42. The molecule has 6 nitrogen and oxygen atoms in total. The SMILES string of the molecule is CC(C)NCc1ccc(Sc2n[nH]c(=O)n2C)nc1. The van der Waals surface area contributed by atoms with E-state index in [9.17, 15) is 4.79 Å². The minimum Gasteiger partial charge on any atom is -0.310 e. The summed E-state index contributed by atoms with van der Waals surface area (Å²) < 4.78 is 1.46. The van der Waals surface area contributed by atoms with Crippen LogP contribution in [0.25, 0.3) is 0 Å². The van der Waals surface area contributed by atoms with Gasteiger partial charge in [-0.3, -0.25) is 4.57 Å². The standard InChI is InChI=1S/C12H17N5OS/c1-8(2)13-6-9-4-5-10(14-7-9)19-12-16-15-11(18)17(12)3/h4-5,7-8,13H,6H2,1-3H3,(H,15,18). The molecule has 0 fully saturated rings. The third-order valence-corrected chi connectivity index (χ3v) is 3.54. The van der Waals surface area contributed by atoms with Crippen LogP contribution in [0.15, 0.2) is 33.3 Å². The average molecular weight is 279 g/mol. The molecule has 2 N–H and O–H groups in total. The number of aromatic amines is 1. The summed E-state index contributed by atoms with van der Waals surface area (Å²) in [5, 5.41) is 11.1. The van der Waals surface area contributed by atoms with Crippen molar-refractivity contribution in [1.82, 2.24) is 25.1 Å². The summed E-state index contributed by atoms with van der Waals surface area (Å²) in [7, 11) is 1.68. The van der Waals surface area contributed by atoms with Gasteiger partial charge in [0, 0.05) is 25.8 Å². The maximum atomic E-state index is 11.2. The molecule has 0 aromatic carbocycles. The number of H-pyrrole nitrogens is 1. The number of aromatic nitrogens is 4. The van der Waals surface area contributed by atoms with Crippen molar-refractivity contribution in [2.75, 3.05) is 0 Å². The molecule has 2 heterocycles. The Kier molecular flexibility index (Phi) is 4.39. The molecular formula is C12H17N5OS. The van der Waals surface area contributed by atoms with Gasteiger partial charge in [-0.2, -0.15) is 0 Å². The van der Waals surface area contributed by atoms with Crippen molar-refractivity contribution in [3.63, 3.8) is 0 Å².